The number of fused-ring (bicyclic) bond motifs is 2. The van der Waals surface area contributed by atoms with E-state index in [1.807, 2.05) is 60.7 Å². The van der Waals surface area contributed by atoms with Gasteiger partial charge in [0.15, 0.2) is 15.8 Å². The molecule has 3 nitrogen and oxygen atoms in total. The topological polar surface area (TPSA) is 72.3 Å². The average Bonchev–Trinajstić information content (AvgIpc) is 3.37. The Balaban J connectivity index is 0.000000427. The molecular weight excluding hydrogens is 987 g/mol. The summed E-state index contributed by atoms with van der Waals surface area (Å²) in [5.41, 5.74) is 33.9. The number of rotatable bonds is 7. The van der Waals surface area contributed by atoms with Crippen LogP contribution in [0, 0.1) is 143 Å². The number of hydrogen-bond acceptors (Lipinski definition) is 3. The second-order valence-electron chi connectivity index (χ2n) is 14.4. The van der Waals surface area contributed by atoms with Crippen LogP contribution in [-0.2, 0) is 40.8 Å². The molecule has 0 fully saturated rings. The SMILES string of the molecule is C#CC#CC#C[PH+](C#CC#CC#C)c1ccc2c(c1C(O)c1c([PH+](C#CC#CC#C)C#CC#CC#C)ccc3c1CCCC3)CCCC2.NC(c1ccccc1)C(N)c1ccccc1.[Cl][Ru+2][Cl]. The maximum atomic E-state index is 12.8. The predicted octanol–water partition coefficient (Wildman–Crippen LogP) is 8.36. The monoisotopic (exact) mass is 1030 g/mol. The van der Waals surface area contributed by atoms with Gasteiger partial charge in [0, 0.05) is 70.6 Å². The summed E-state index contributed by atoms with van der Waals surface area (Å²) in [6.07, 6.45) is 28.1. The normalized spacial score (nSPS) is 11.7. The van der Waals surface area contributed by atoms with Gasteiger partial charge < -0.3 is 16.6 Å². The molecule has 0 radical (unpaired) electrons. The van der Waals surface area contributed by atoms with Crippen molar-refractivity contribution < 1.29 is 20.3 Å². The molecule has 5 N–H and O–H groups in total. The molecule has 2 atom stereocenters. The van der Waals surface area contributed by atoms with E-state index in [4.69, 9.17) is 56.5 Å². The Labute approximate surface area is 416 Å². The molecule has 2 aliphatic carbocycles. The summed E-state index contributed by atoms with van der Waals surface area (Å²) in [6, 6.07) is 28.0. The van der Waals surface area contributed by atoms with Crippen LogP contribution in [0.3, 0.4) is 0 Å². The molecule has 0 saturated carbocycles. The van der Waals surface area contributed by atoms with Gasteiger partial charge in [-0.25, -0.2) is 0 Å². The first kappa shape index (κ1) is 53.2. The fourth-order valence-electron chi connectivity index (χ4n) is 7.66. The van der Waals surface area contributed by atoms with Crippen LogP contribution in [0.15, 0.2) is 84.9 Å². The molecule has 2 aliphatic rings. The number of benzene rings is 4. The summed E-state index contributed by atoms with van der Waals surface area (Å²) in [5, 5.41) is 14.6. The molecule has 0 heterocycles. The van der Waals surface area contributed by atoms with Crippen molar-refractivity contribution in [3.8, 4) is 143 Å². The molecule has 0 bridgehead atoms. The number of aliphatic hydroxyl groups is 1. The molecule has 4 aromatic rings. The summed E-state index contributed by atoms with van der Waals surface area (Å²) >= 11 is -0.346. The standard InChI is InChI=1S/C45H26OP2.C14H16N2.2ClH.Ru/c1-5-9-13-21-33-47(34-22-14-10-6-2)41-31-29-37-25-17-19-27-39(37)43(41)45(46)44-40-28-20-18-26-38(40)30-32-42(44)48(35-23-15-11-7-3)36-24-16-12-8-4;15-13(11-7-3-1-4-8-11)14(16)12-9-5-2-6-10-12;;;/h1-4,29-32,45-46H,17-20,25-28H2;1-10,13-14H,15-16H2;2*1H;/q;;;;+4. The van der Waals surface area contributed by atoms with Gasteiger partial charge in [-0.3, -0.25) is 0 Å². The van der Waals surface area contributed by atoms with Crippen molar-refractivity contribution in [1.29, 1.82) is 0 Å². The van der Waals surface area contributed by atoms with Crippen LogP contribution in [0.25, 0.3) is 0 Å². The second-order valence-corrected chi connectivity index (χ2v) is 20.6. The Bertz CT molecular complexity index is 2790. The number of nitrogens with two attached hydrogens (primary N) is 2. The summed E-state index contributed by atoms with van der Waals surface area (Å²) in [4.78, 5) is 0. The van der Waals surface area contributed by atoms with Crippen molar-refractivity contribution in [2.75, 3.05) is 0 Å². The fourth-order valence-corrected chi connectivity index (χ4v) is 10.7. The first-order chi connectivity index (χ1) is 32.8. The first-order valence-electron chi connectivity index (χ1n) is 20.9. The maximum absolute atomic E-state index is 12.8. The van der Waals surface area contributed by atoms with Crippen LogP contribution in [0.4, 0.5) is 0 Å². The first-order valence-corrected chi connectivity index (χ1v) is 28.4. The van der Waals surface area contributed by atoms with Crippen molar-refractivity contribution in [2.24, 2.45) is 11.5 Å². The Morgan fingerprint density at radius 1 is 0.463 bits per heavy atom. The predicted molar refractivity (Wildman–Crippen MR) is 282 cm³/mol. The molecule has 0 amide bonds. The molecule has 8 heteroatoms. The van der Waals surface area contributed by atoms with Gasteiger partial charge in [-0.05, 0) is 144 Å². The summed E-state index contributed by atoms with van der Waals surface area (Å²) < 4.78 is 0. The molecular formula is C59H44Cl2N2OP2Ru+4. The van der Waals surface area contributed by atoms with Crippen molar-refractivity contribution in [2.45, 2.75) is 69.6 Å². The van der Waals surface area contributed by atoms with E-state index in [0.717, 1.165) is 95.4 Å². The minimum atomic E-state index is -1.94. The Morgan fingerprint density at radius 2 is 0.776 bits per heavy atom. The van der Waals surface area contributed by atoms with E-state index in [0.29, 0.717) is 0 Å². The van der Waals surface area contributed by atoms with Crippen molar-refractivity contribution in [3.63, 3.8) is 0 Å². The van der Waals surface area contributed by atoms with Crippen LogP contribution in [0.2, 0.25) is 0 Å². The quantitative estimate of drug-likeness (QED) is 0.0992. The zero-order valence-corrected chi connectivity index (χ0v) is 41.7. The van der Waals surface area contributed by atoms with Gasteiger partial charge in [0.1, 0.15) is 39.4 Å². The van der Waals surface area contributed by atoms with Crippen molar-refractivity contribution in [3.05, 3.63) is 129 Å². The van der Waals surface area contributed by atoms with Crippen molar-refractivity contribution in [1.82, 2.24) is 0 Å². The van der Waals surface area contributed by atoms with Gasteiger partial charge in [0.05, 0.1) is 0 Å². The second kappa shape index (κ2) is 30.7. The molecule has 0 aliphatic heterocycles. The van der Waals surface area contributed by atoms with Crippen LogP contribution in [-0.4, -0.2) is 5.11 Å². The summed E-state index contributed by atoms with van der Waals surface area (Å²) in [7, 11) is 5.83. The molecule has 324 valence electrons. The Morgan fingerprint density at radius 3 is 1.09 bits per heavy atom. The van der Waals surface area contributed by atoms with E-state index in [1.54, 1.807) is 0 Å². The van der Waals surface area contributed by atoms with E-state index in [-0.39, 0.29) is 27.2 Å². The van der Waals surface area contributed by atoms with Crippen LogP contribution >= 0.6 is 35.2 Å². The summed E-state index contributed by atoms with van der Waals surface area (Å²) in [5.74, 6) is 41.8. The third-order valence-corrected chi connectivity index (χ3v) is 14.0. The third-order valence-electron chi connectivity index (χ3n) is 10.5. The van der Waals surface area contributed by atoms with E-state index in [1.165, 1.54) is 11.1 Å². The molecule has 6 rings (SSSR count). The molecule has 0 saturated heterocycles. The van der Waals surface area contributed by atoms with Gasteiger partial charge >= 0.3 is 34.5 Å². The van der Waals surface area contributed by atoms with Gasteiger partial charge in [-0.1, -0.05) is 72.8 Å². The van der Waals surface area contributed by atoms with Crippen molar-refractivity contribution >= 4 is 45.8 Å². The van der Waals surface area contributed by atoms with E-state index < -0.39 is 21.9 Å². The number of hydrogen-bond donors (Lipinski definition) is 3. The van der Waals surface area contributed by atoms with E-state index in [2.05, 4.69) is 142 Å². The molecule has 0 spiro atoms. The zero-order valence-electron chi connectivity index (χ0n) is 36.5. The Kier molecular flexibility index (Phi) is 24.4. The molecule has 0 aromatic heterocycles. The summed E-state index contributed by atoms with van der Waals surface area (Å²) in [6.45, 7) is 0. The van der Waals surface area contributed by atoms with E-state index >= 15 is 0 Å². The average molecular weight is 1030 g/mol. The third kappa shape index (κ3) is 16.4. The van der Waals surface area contributed by atoms with E-state index in [9.17, 15) is 5.11 Å². The van der Waals surface area contributed by atoms with Gasteiger partial charge in [0.25, 0.3) is 0 Å². The van der Waals surface area contributed by atoms with Crippen LogP contribution < -0.4 is 22.1 Å². The number of terminal acetylenes is 4. The molecule has 2 unspecified atom stereocenters. The fraction of sp³-hybridized carbons (Fsp3) is 0.186. The minimum absolute atomic E-state index is 0.163. The molecule has 67 heavy (non-hydrogen) atoms. The number of aliphatic hydroxyl groups excluding tert-OH is 1. The van der Waals surface area contributed by atoms with Gasteiger partial charge in [-0.2, -0.15) is 0 Å². The van der Waals surface area contributed by atoms with Gasteiger partial charge in [-0.15, -0.1) is 25.7 Å². The van der Waals surface area contributed by atoms with Crippen LogP contribution in [0.5, 0.6) is 0 Å². The Hall–Kier alpha value is -6.46. The van der Waals surface area contributed by atoms with Gasteiger partial charge in [0.2, 0.25) is 0 Å². The number of aryl methyl sites for hydroxylation is 2. The van der Waals surface area contributed by atoms with Crippen LogP contribution in [0.1, 0.15) is 88.4 Å². The molecule has 4 aromatic carbocycles. The number of halogens is 2. The zero-order chi connectivity index (χ0) is 48.1.